The van der Waals surface area contributed by atoms with Gasteiger partial charge in [0.05, 0.1) is 6.61 Å². The first-order valence-corrected chi connectivity index (χ1v) is 11.2. The molecule has 0 aliphatic carbocycles. The molecular formula is C19H24IN3O12. The Bertz CT molecular complexity index is 998. The van der Waals surface area contributed by atoms with Crippen LogP contribution in [0.15, 0.2) is 0 Å². The molecule has 0 bridgehead atoms. The summed E-state index contributed by atoms with van der Waals surface area (Å²) in [6.07, 6.45) is -6.49. The molecule has 0 amide bonds. The molecule has 0 radical (unpaired) electrons. The quantitative estimate of drug-likeness (QED) is 0.222. The predicted octanol–water partition coefficient (Wildman–Crippen LogP) is -0.581. The molecule has 194 valence electrons. The largest absolute Gasteiger partial charge is 0.463 e. The maximum atomic E-state index is 12.2. The van der Waals surface area contributed by atoms with Crippen LogP contribution in [0.3, 0.4) is 0 Å². The first-order valence-electron chi connectivity index (χ1n) is 10.2. The average Bonchev–Trinajstić information content (AvgIpc) is 3.13. The summed E-state index contributed by atoms with van der Waals surface area (Å²) in [5, 5.41) is 19.1. The second-order valence-corrected chi connectivity index (χ2v) is 8.18. The summed E-state index contributed by atoms with van der Waals surface area (Å²) in [5.41, 5.74) is -0.297. The van der Waals surface area contributed by atoms with Gasteiger partial charge in [-0.05, 0) is 29.5 Å². The van der Waals surface area contributed by atoms with Gasteiger partial charge in [0, 0.05) is 27.7 Å². The fourth-order valence-electron chi connectivity index (χ4n) is 3.23. The topological polar surface area (TPSA) is 192 Å². The van der Waals surface area contributed by atoms with Crippen molar-refractivity contribution in [3.8, 4) is 0 Å². The summed E-state index contributed by atoms with van der Waals surface area (Å²) >= 11 is 1.62. The molecule has 0 saturated carbocycles. The molecule has 0 unspecified atom stereocenters. The van der Waals surface area contributed by atoms with Gasteiger partial charge in [0.2, 0.25) is 11.8 Å². The van der Waals surface area contributed by atoms with Crippen LogP contribution < -0.4 is 0 Å². The van der Waals surface area contributed by atoms with Crippen LogP contribution >= 0.6 is 22.6 Å². The predicted molar refractivity (Wildman–Crippen MR) is 117 cm³/mol. The Morgan fingerprint density at radius 2 is 1.54 bits per heavy atom. The summed E-state index contributed by atoms with van der Waals surface area (Å²) in [7, 11) is 0. The average molecular weight is 613 g/mol. The molecule has 2 rings (SSSR count). The second-order valence-electron chi connectivity index (χ2n) is 7.16. The number of aromatic nitrogens is 3. The summed E-state index contributed by atoms with van der Waals surface area (Å²) in [6.45, 7) is 5.23. The van der Waals surface area contributed by atoms with Crippen LogP contribution in [0.5, 0.6) is 0 Å². The van der Waals surface area contributed by atoms with Crippen molar-refractivity contribution in [3.63, 3.8) is 0 Å². The van der Waals surface area contributed by atoms with Crippen LogP contribution in [0, 0.1) is 3.70 Å². The molecule has 5 atom stereocenters. The second kappa shape index (κ2) is 11.7. The van der Waals surface area contributed by atoms with Crippen molar-refractivity contribution in [2.24, 2.45) is 0 Å². The van der Waals surface area contributed by atoms with Crippen molar-refractivity contribution in [1.29, 1.82) is 0 Å². The highest BCUT2D eigenvalue weighted by atomic mass is 127. The minimum absolute atomic E-state index is 0.0294. The van der Waals surface area contributed by atoms with Gasteiger partial charge in [0.1, 0.15) is 16.4 Å². The zero-order chi connectivity index (χ0) is 26.5. The van der Waals surface area contributed by atoms with Gasteiger partial charge >= 0.3 is 35.8 Å². The lowest BCUT2D eigenvalue weighted by atomic mass is 9.95. The fourth-order valence-corrected chi connectivity index (χ4v) is 4.00. The number of ether oxygens (including phenoxy) is 6. The third kappa shape index (κ3) is 6.63. The lowest BCUT2D eigenvalue weighted by Crippen LogP contribution is -2.68. The Hall–Kier alpha value is -2.86. The number of carbonyl (C=O) groups excluding carboxylic acids is 5. The van der Waals surface area contributed by atoms with Crippen LogP contribution in [0.25, 0.3) is 0 Å². The molecule has 2 heterocycles. The Morgan fingerprint density at radius 1 is 0.971 bits per heavy atom. The summed E-state index contributed by atoms with van der Waals surface area (Å²) in [5.74, 6) is -7.03. The molecule has 1 aromatic rings. The Kier molecular flexibility index (Phi) is 9.50. The van der Waals surface area contributed by atoms with Crippen molar-refractivity contribution < 1.29 is 57.5 Å². The van der Waals surface area contributed by atoms with E-state index in [4.69, 9.17) is 28.4 Å². The van der Waals surface area contributed by atoms with Crippen LogP contribution in [0.1, 0.15) is 45.1 Å². The first-order chi connectivity index (χ1) is 16.3. The van der Waals surface area contributed by atoms with E-state index in [-0.39, 0.29) is 16.0 Å². The van der Waals surface area contributed by atoms with Gasteiger partial charge in [-0.2, -0.15) is 4.68 Å². The molecule has 35 heavy (non-hydrogen) atoms. The zero-order valence-corrected chi connectivity index (χ0v) is 21.5. The molecule has 15 nitrogen and oxygen atoms in total. The smallest absolute Gasteiger partial charge is 0.361 e. The van der Waals surface area contributed by atoms with E-state index in [9.17, 15) is 29.1 Å². The number of carbonyl (C=O) groups is 5. The van der Waals surface area contributed by atoms with Crippen LogP contribution in [0.2, 0.25) is 0 Å². The standard InChI is InChI=1S/C19H24IN3O12/c1-6-30-18(28)13-17(20)23(22-21-13)19(29)16(34-11(5)27)15(33-10(4)26)14(32-9(3)25)12(35-19)7-31-8(2)24/h12,14-16,29H,6-7H2,1-5H3/t12-,14-,15+,16-,19+/m1/s1. The highest BCUT2D eigenvalue weighted by Crippen LogP contribution is 2.38. The number of nitrogens with zero attached hydrogens (tertiary/aromatic N) is 3. The third-order valence-electron chi connectivity index (χ3n) is 4.42. The van der Waals surface area contributed by atoms with Crippen molar-refractivity contribution in [2.75, 3.05) is 13.2 Å². The van der Waals surface area contributed by atoms with E-state index in [2.05, 4.69) is 10.3 Å². The van der Waals surface area contributed by atoms with Gasteiger partial charge < -0.3 is 33.5 Å². The minimum Gasteiger partial charge on any atom is -0.463 e. The molecular weight excluding hydrogens is 589 g/mol. The Balaban J connectivity index is 2.69. The molecule has 0 aromatic carbocycles. The van der Waals surface area contributed by atoms with Crippen LogP contribution in [0.4, 0.5) is 0 Å². The van der Waals surface area contributed by atoms with Gasteiger partial charge in [0.25, 0.3) is 0 Å². The van der Waals surface area contributed by atoms with E-state index in [1.165, 1.54) is 0 Å². The monoisotopic (exact) mass is 613 g/mol. The molecule has 1 aliphatic rings. The highest BCUT2D eigenvalue weighted by Gasteiger charge is 2.62. The maximum Gasteiger partial charge on any atom is 0.361 e. The molecule has 1 fully saturated rings. The normalized spacial score (nSPS) is 25.8. The molecule has 1 aromatic heterocycles. The molecule has 1 N–H and O–H groups in total. The zero-order valence-electron chi connectivity index (χ0n) is 19.4. The van der Waals surface area contributed by atoms with Gasteiger partial charge in [-0.15, -0.1) is 5.10 Å². The van der Waals surface area contributed by atoms with E-state index in [1.54, 1.807) is 29.5 Å². The highest BCUT2D eigenvalue weighted by molar-refractivity contribution is 14.1. The maximum absolute atomic E-state index is 12.2. The summed E-state index contributed by atoms with van der Waals surface area (Å²) < 4.78 is 31.9. The van der Waals surface area contributed by atoms with Crippen LogP contribution in [-0.2, 0) is 53.5 Å². The Morgan fingerprint density at radius 3 is 2.06 bits per heavy atom. The van der Waals surface area contributed by atoms with Gasteiger partial charge in [-0.3, -0.25) is 19.2 Å². The minimum atomic E-state index is -2.78. The molecule has 1 aliphatic heterocycles. The number of aliphatic hydroxyl groups is 1. The summed E-state index contributed by atoms with van der Waals surface area (Å²) in [6, 6.07) is 0. The molecule has 0 spiro atoms. The number of halogens is 1. The molecule has 1 saturated heterocycles. The van der Waals surface area contributed by atoms with Crippen LogP contribution in [-0.4, -0.2) is 87.6 Å². The summed E-state index contributed by atoms with van der Waals surface area (Å²) in [4.78, 5) is 59.3. The first kappa shape index (κ1) is 28.4. The van der Waals surface area contributed by atoms with Crippen molar-refractivity contribution in [3.05, 3.63) is 9.39 Å². The van der Waals surface area contributed by atoms with Crippen molar-refractivity contribution in [2.45, 2.75) is 64.9 Å². The lowest BCUT2D eigenvalue weighted by Gasteiger charge is -2.47. The number of esters is 5. The van der Waals surface area contributed by atoms with Gasteiger partial charge in [-0.1, -0.05) is 5.21 Å². The van der Waals surface area contributed by atoms with E-state index in [0.29, 0.717) is 4.68 Å². The van der Waals surface area contributed by atoms with Crippen molar-refractivity contribution >= 4 is 52.4 Å². The van der Waals surface area contributed by atoms with Gasteiger partial charge in [-0.25, -0.2) is 4.79 Å². The van der Waals surface area contributed by atoms with E-state index in [1.807, 2.05) is 0 Å². The number of rotatable bonds is 8. The van der Waals surface area contributed by atoms with Crippen molar-refractivity contribution in [1.82, 2.24) is 15.0 Å². The van der Waals surface area contributed by atoms with E-state index in [0.717, 1.165) is 27.7 Å². The SMILES string of the molecule is CCOC(=O)c1nnn([C@@]2(O)O[C@H](COC(C)=O)[C@@H](OC(C)=O)[C@H](OC(C)=O)[C@H]2OC(C)=O)c1I. The Labute approximate surface area is 212 Å². The fraction of sp³-hybridized carbons (Fsp3) is 0.632. The third-order valence-corrected chi connectivity index (χ3v) is 5.39. The van der Waals surface area contributed by atoms with E-state index < -0.39 is 66.8 Å². The van der Waals surface area contributed by atoms with E-state index >= 15 is 0 Å². The number of hydrogen-bond donors (Lipinski definition) is 1. The van der Waals surface area contributed by atoms with Gasteiger partial charge in [0.15, 0.2) is 12.2 Å². The molecule has 16 heteroatoms. The lowest BCUT2D eigenvalue weighted by molar-refractivity contribution is -0.396. The number of hydrogen-bond acceptors (Lipinski definition) is 14.